The number of hydrogen-bond acceptors (Lipinski definition) is 6. The summed E-state index contributed by atoms with van der Waals surface area (Å²) in [6.45, 7) is -1.74. The Hall–Kier alpha value is -2.67. The Bertz CT molecular complexity index is 1090. The van der Waals surface area contributed by atoms with Crippen molar-refractivity contribution in [2.75, 3.05) is 6.61 Å². The fraction of sp³-hybridized carbons (Fsp3) is 0.444. The molecule has 174 valence electrons. The van der Waals surface area contributed by atoms with E-state index in [9.17, 15) is 31.1 Å². The number of rotatable bonds is 5. The fourth-order valence-corrected chi connectivity index (χ4v) is 3.22. The Morgan fingerprint density at radius 1 is 1.34 bits per heavy atom. The summed E-state index contributed by atoms with van der Waals surface area (Å²) < 4.78 is 85.0. The minimum absolute atomic E-state index is 0.0202. The van der Waals surface area contributed by atoms with Gasteiger partial charge in [-0.15, -0.1) is 0 Å². The molecule has 0 radical (unpaired) electrons. The van der Waals surface area contributed by atoms with Crippen LogP contribution in [0.4, 0.5) is 26.3 Å². The molecular weight excluding hydrogens is 468 g/mol. The number of carbonyl (C=O) groups excluding carboxylic acids is 1. The molecule has 0 fully saturated rings. The van der Waals surface area contributed by atoms with Crippen LogP contribution in [-0.2, 0) is 16.7 Å². The second kappa shape index (κ2) is 8.03. The first-order valence-corrected chi connectivity index (χ1v) is 9.34. The van der Waals surface area contributed by atoms with E-state index in [4.69, 9.17) is 22.1 Å². The number of ketones is 1. The second-order valence-electron chi connectivity index (χ2n) is 7.41. The van der Waals surface area contributed by atoms with E-state index in [0.717, 1.165) is 18.3 Å². The number of pyridine rings is 1. The zero-order valence-corrected chi connectivity index (χ0v) is 17.3. The number of hydrogen-bond donors (Lipinski definition) is 1. The van der Waals surface area contributed by atoms with Gasteiger partial charge in [0, 0.05) is 5.69 Å². The van der Waals surface area contributed by atoms with Crippen molar-refractivity contribution in [2.45, 2.75) is 44.1 Å². The van der Waals surface area contributed by atoms with Gasteiger partial charge >= 0.3 is 12.7 Å². The minimum atomic E-state index is -4.86. The summed E-state index contributed by atoms with van der Waals surface area (Å²) in [6.07, 6.45) is -4.58. The van der Waals surface area contributed by atoms with Gasteiger partial charge in [0.15, 0.2) is 5.78 Å². The molecule has 0 bridgehead atoms. The molecule has 2 atom stereocenters. The summed E-state index contributed by atoms with van der Waals surface area (Å²) in [7, 11) is 0. The lowest BCUT2D eigenvalue weighted by molar-refractivity contribution is -0.249. The summed E-state index contributed by atoms with van der Waals surface area (Å²) in [5, 5.41) is 3.11. The van der Waals surface area contributed by atoms with E-state index in [0.29, 0.717) is 6.92 Å². The molecule has 3 heterocycles. The van der Waals surface area contributed by atoms with Crippen molar-refractivity contribution in [1.29, 1.82) is 0 Å². The first-order valence-electron chi connectivity index (χ1n) is 8.96. The maximum Gasteiger partial charge on any atom is 0.424 e. The monoisotopic (exact) mass is 483 g/mol. The van der Waals surface area contributed by atoms with Crippen molar-refractivity contribution in [3.8, 4) is 0 Å². The average molecular weight is 484 g/mol. The van der Waals surface area contributed by atoms with Crippen molar-refractivity contribution >= 4 is 23.2 Å². The Kier molecular flexibility index (Phi) is 6.02. The van der Waals surface area contributed by atoms with Crippen LogP contribution in [0.25, 0.3) is 0 Å². The number of halogens is 7. The molecule has 0 aromatic carbocycles. The molecule has 1 aliphatic rings. The van der Waals surface area contributed by atoms with Crippen LogP contribution in [0.3, 0.4) is 0 Å². The normalized spacial score (nSPS) is 24.0. The quantitative estimate of drug-likeness (QED) is 0.515. The van der Waals surface area contributed by atoms with E-state index in [2.05, 4.69) is 15.1 Å². The van der Waals surface area contributed by atoms with Crippen LogP contribution in [0.15, 0.2) is 23.3 Å². The zero-order valence-electron chi connectivity index (χ0n) is 16.6. The largest absolute Gasteiger partial charge is 0.424 e. The molecule has 0 unspecified atom stereocenters. The first-order chi connectivity index (χ1) is 14.7. The molecule has 0 saturated heterocycles. The van der Waals surface area contributed by atoms with E-state index in [-0.39, 0.29) is 15.4 Å². The summed E-state index contributed by atoms with van der Waals surface area (Å²) >= 11 is 5.77. The molecule has 0 spiro atoms. The molecule has 0 aliphatic carbocycles. The Balaban J connectivity index is 1.92. The molecular formula is C18H16ClF6N5O2. The Labute approximate surface area is 182 Å². The SMILES string of the molecule is C[C@@]1(c2nc(CC(=O)c3nn(C(F)F)cc3Cl)ccc2F)CO[C@@](C)(C(F)(F)F)C(N)=N1. The van der Waals surface area contributed by atoms with Crippen molar-refractivity contribution < 1.29 is 35.9 Å². The van der Waals surface area contributed by atoms with E-state index >= 15 is 0 Å². The van der Waals surface area contributed by atoms with Gasteiger partial charge in [0.2, 0.25) is 5.60 Å². The van der Waals surface area contributed by atoms with Gasteiger partial charge in [-0.2, -0.15) is 27.1 Å². The van der Waals surface area contributed by atoms with Crippen molar-refractivity contribution in [3.63, 3.8) is 0 Å². The zero-order chi connectivity index (χ0) is 24.1. The molecule has 0 saturated carbocycles. The number of aromatic nitrogens is 3. The van der Waals surface area contributed by atoms with E-state index in [1.165, 1.54) is 6.92 Å². The number of carbonyl (C=O) groups is 1. The van der Waals surface area contributed by atoms with E-state index in [1.807, 2.05) is 0 Å². The average Bonchev–Trinajstić information content (AvgIpc) is 3.08. The third-order valence-corrected chi connectivity index (χ3v) is 5.22. The highest BCUT2D eigenvalue weighted by atomic mass is 35.5. The topological polar surface area (TPSA) is 95.4 Å². The Morgan fingerprint density at radius 3 is 2.53 bits per heavy atom. The van der Waals surface area contributed by atoms with Gasteiger partial charge in [0.05, 0.1) is 24.2 Å². The molecule has 7 nitrogen and oxygen atoms in total. The number of Topliss-reactive ketones (excluding diaryl/α,β-unsaturated/α-hetero) is 1. The van der Waals surface area contributed by atoms with E-state index < -0.39 is 65.7 Å². The number of nitrogens with two attached hydrogens (primary N) is 1. The lowest BCUT2D eigenvalue weighted by Crippen LogP contribution is -2.60. The van der Waals surface area contributed by atoms with Gasteiger partial charge in [-0.05, 0) is 26.0 Å². The predicted octanol–water partition coefficient (Wildman–Crippen LogP) is 3.81. The van der Waals surface area contributed by atoms with Crippen LogP contribution >= 0.6 is 11.6 Å². The van der Waals surface area contributed by atoms with Gasteiger partial charge in [-0.3, -0.25) is 14.8 Å². The lowest BCUT2D eigenvalue weighted by Gasteiger charge is -2.40. The third kappa shape index (κ3) is 4.18. The van der Waals surface area contributed by atoms with Crippen molar-refractivity contribution in [2.24, 2.45) is 10.7 Å². The van der Waals surface area contributed by atoms with Crippen LogP contribution in [0.5, 0.6) is 0 Å². The van der Waals surface area contributed by atoms with Gasteiger partial charge in [-0.1, -0.05) is 11.6 Å². The summed E-state index contributed by atoms with van der Waals surface area (Å²) in [5.41, 5.74) is 0.0901. The highest BCUT2D eigenvalue weighted by Crippen LogP contribution is 2.40. The third-order valence-electron chi connectivity index (χ3n) is 4.95. The van der Waals surface area contributed by atoms with Gasteiger partial charge in [0.25, 0.3) is 0 Å². The number of ether oxygens (including phenoxy) is 1. The van der Waals surface area contributed by atoms with Crippen LogP contribution in [0.2, 0.25) is 5.02 Å². The minimum Gasteiger partial charge on any atom is -0.385 e. The number of alkyl halides is 5. The fourth-order valence-electron chi connectivity index (χ4n) is 2.98. The van der Waals surface area contributed by atoms with Crippen LogP contribution < -0.4 is 5.73 Å². The summed E-state index contributed by atoms with van der Waals surface area (Å²) in [4.78, 5) is 20.3. The highest BCUT2D eigenvalue weighted by molar-refractivity contribution is 6.33. The summed E-state index contributed by atoms with van der Waals surface area (Å²) in [6, 6.07) is 2.09. The smallest absolute Gasteiger partial charge is 0.385 e. The molecule has 1 aliphatic heterocycles. The van der Waals surface area contributed by atoms with Gasteiger partial charge in [0.1, 0.15) is 28.6 Å². The first kappa shape index (κ1) is 24.0. The molecule has 2 aromatic heterocycles. The molecule has 32 heavy (non-hydrogen) atoms. The second-order valence-corrected chi connectivity index (χ2v) is 7.81. The molecule has 0 amide bonds. The maximum absolute atomic E-state index is 14.5. The number of amidine groups is 1. The number of nitrogens with zero attached hydrogens (tertiary/aromatic N) is 4. The van der Waals surface area contributed by atoms with Crippen LogP contribution in [0, 0.1) is 5.82 Å². The maximum atomic E-state index is 14.5. The van der Waals surface area contributed by atoms with Gasteiger partial charge < -0.3 is 10.5 Å². The molecule has 2 N–H and O–H groups in total. The van der Waals surface area contributed by atoms with Crippen molar-refractivity contribution in [3.05, 3.63) is 46.3 Å². The lowest BCUT2D eigenvalue weighted by atomic mass is 9.93. The van der Waals surface area contributed by atoms with E-state index in [1.54, 1.807) is 0 Å². The molecule has 3 rings (SSSR count). The predicted molar refractivity (Wildman–Crippen MR) is 100 cm³/mol. The standard InChI is InChI=1S/C18H16ClF6N5O2/c1-16(7-32-17(2,14(26)28-16)18(23,24)25)13-10(20)4-3-8(27-13)5-11(31)12-9(19)6-30(29-12)15(21)22/h3-4,6,15H,5,7H2,1-2H3,(H2,26,28)/t16-,17+/m0/s1. The van der Waals surface area contributed by atoms with Crippen molar-refractivity contribution in [1.82, 2.24) is 14.8 Å². The highest BCUT2D eigenvalue weighted by Gasteiger charge is 2.59. The van der Waals surface area contributed by atoms with Crippen LogP contribution in [-0.4, -0.2) is 44.8 Å². The summed E-state index contributed by atoms with van der Waals surface area (Å²) in [5.74, 6) is -2.61. The molecule has 14 heteroatoms. The Morgan fingerprint density at radius 2 is 2.00 bits per heavy atom. The van der Waals surface area contributed by atoms with Crippen LogP contribution in [0.1, 0.15) is 42.3 Å². The van der Waals surface area contributed by atoms with Gasteiger partial charge in [-0.25, -0.2) is 9.07 Å². The molecule has 2 aromatic rings. The number of aliphatic imine (C=N–C) groups is 1.